The third kappa shape index (κ3) is 7.88. The van der Waals surface area contributed by atoms with Crippen LogP contribution in [0.1, 0.15) is 57.6 Å². The monoisotopic (exact) mass is 435 g/mol. The molecule has 1 N–H and O–H groups in total. The lowest BCUT2D eigenvalue weighted by molar-refractivity contribution is -0.0326. The number of nitrogens with one attached hydrogen (secondary N) is 1. The first-order valence-corrected chi connectivity index (χ1v) is 12.0. The number of rotatable bonds is 12. The van der Waals surface area contributed by atoms with E-state index in [1.807, 2.05) is 18.2 Å². The van der Waals surface area contributed by atoms with Crippen molar-refractivity contribution >= 4 is 0 Å². The van der Waals surface area contributed by atoms with Crippen LogP contribution in [0, 0.1) is 11.3 Å². The lowest BCUT2D eigenvalue weighted by atomic mass is 9.86. The second-order valence-electron chi connectivity index (χ2n) is 10.5. The van der Waals surface area contributed by atoms with Crippen molar-refractivity contribution in [3.63, 3.8) is 0 Å². The van der Waals surface area contributed by atoms with Gasteiger partial charge in [-0.25, -0.2) is 0 Å². The lowest BCUT2D eigenvalue weighted by Gasteiger charge is -2.31. The Balaban J connectivity index is 1.69. The molecule has 0 amide bonds. The van der Waals surface area contributed by atoms with Gasteiger partial charge in [0.15, 0.2) is 0 Å². The number of ether oxygens (including phenoxy) is 2. The summed E-state index contributed by atoms with van der Waals surface area (Å²) in [7, 11) is 0. The first kappa shape index (κ1) is 24.7. The highest BCUT2D eigenvalue weighted by Gasteiger charge is 2.46. The molecule has 3 rings (SSSR count). The molecule has 0 saturated heterocycles. The van der Waals surface area contributed by atoms with Gasteiger partial charge in [0, 0.05) is 17.0 Å². The van der Waals surface area contributed by atoms with Crippen molar-refractivity contribution < 1.29 is 9.47 Å². The van der Waals surface area contributed by atoms with E-state index in [1.165, 1.54) is 11.1 Å². The third-order valence-electron chi connectivity index (χ3n) is 6.32. The molecule has 3 heteroatoms. The molecule has 0 radical (unpaired) electrons. The zero-order valence-corrected chi connectivity index (χ0v) is 20.2. The molecular formula is C29H41NO2. The summed E-state index contributed by atoms with van der Waals surface area (Å²) in [5.74, 6) is 0.605. The molecule has 0 heterocycles. The first-order valence-electron chi connectivity index (χ1n) is 12.0. The molecular weight excluding hydrogens is 394 g/mol. The summed E-state index contributed by atoms with van der Waals surface area (Å²) in [5.41, 5.74) is 2.55. The van der Waals surface area contributed by atoms with Gasteiger partial charge < -0.3 is 14.8 Å². The van der Waals surface area contributed by atoms with Crippen LogP contribution >= 0.6 is 0 Å². The van der Waals surface area contributed by atoms with Crippen molar-refractivity contribution in [1.29, 1.82) is 0 Å². The minimum atomic E-state index is 0.0261. The van der Waals surface area contributed by atoms with Crippen molar-refractivity contribution in [2.45, 2.75) is 71.2 Å². The average Bonchev–Trinajstić information content (AvgIpc) is 3.09. The predicted molar refractivity (Wildman–Crippen MR) is 133 cm³/mol. The Morgan fingerprint density at radius 3 is 1.91 bits per heavy atom. The summed E-state index contributed by atoms with van der Waals surface area (Å²) in [4.78, 5) is 0. The van der Waals surface area contributed by atoms with Gasteiger partial charge in [0.25, 0.3) is 0 Å². The van der Waals surface area contributed by atoms with E-state index in [-0.39, 0.29) is 11.0 Å². The number of allylic oxidation sites excluding steroid dienone is 1. The van der Waals surface area contributed by atoms with E-state index in [0.717, 1.165) is 38.9 Å². The topological polar surface area (TPSA) is 30.5 Å². The molecule has 2 aromatic carbocycles. The van der Waals surface area contributed by atoms with Crippen molar-refractivity contribution in [2.24, 2.45) is 11.3 Å². The fraction of sp³-hybridized carbons (Fsp3) is 0.517. The molecule has 2 aromatic rings. The number of hydrogen-bond donors (Lipinski definition) is 1. The highest BCUT2D eigenvalue weighted by atomic mass is 16.5. The lowest BCUT2D eigenvalue weighted by Crippen LogP contribution is -2.46. The Morgan fingerprint density at radius 1 is 0.906 bits per heavy atom. The van der Waals surface area contributed by atoms with Crippen LogP contribution in [0.2, 0.25) is 0 Å². The molecule has 0 unspecified atom stereocenters. The zero-order chi connectivity index (χ0) is 22.9. The van der Waals surface area contributed by atoms with Gasteiger partial charge in [-0.05, 0) is 63.5 Å². The van der Waals surface area contributed by atoms with E-state index in [2.05, 4.69) is 81.2 Å². The summed E-state index contributed by atoms with van der Waals surface area (Å²) < 4.78 is 12.6. The first-order chi connectivity index (χ1) is 15.4. The van der Waals surface area contributed by atoms with E-state index in [9.17, 15) is 0 Å². The van der Waals surface area contributed by atoms with Crippen molar-refractivity contribution in [1.82, 2.24) is 5.32 Å². The largest absolute Gasteiger partial charge is 0.376 e. The second-order valence-corrected chi connectivity index (χ2v) is 10.5. The molecule has 1 aliphatic carbocycles. The van der Waals surface area contributed by atoms with Crippen molar-refractivity contribution in [3.05, 3.63) is 84.4 Å². The van der Waals surface area contributed by atoms with Crippen LogP contribution in [-0.4, -0.2) is 24.8 Å². The van der Waals surface area contributed by atoms with E-state index in [1.54, 1.807) is 0 Å². The van der Waals surface area contributed by atoms with Gasteiger partial charge in [0.2, 0.25) is 0 Å². The normalized spacial score (nSPS) is 20.3. The van der Waals surface area contributed by atoms with Gasteiger partial charge in [0.1, 0.15) is 0 Å². The molecule has 174 valence electrons. The van der Waals surface area contributed by atoms with Crippen LogP contribution in [0.15, 0.2) is 73.3 Å². The minimum absolute atomic E-state index is 0.0261. The molecule has 3 nitrogen and oxygen atoms in total. The zero-order valence-electron chi connectivity index (χ0n) is 20.2. The number of hydrogen-bond acceptors (Lipinski definition) is 3. The Bertz CT molecular complexity index is 751. The Hall–Kier alpha value is -1.94. The third-order valence-corrected chi connectivity index (χ3v) is 6.32. The summed E-state index contributed by atoms with van der Waals surface area (Å²) in [6, 6.07) is 21.4. The number of benzene rings is 2. The Labute approximate surface area is 195 Å². The fourth-order valence-electron chi connectivity index (χ4n) is 4.97. The van der Waals surface area contributed by atoms with Crippen LogP contribution < -0.4 is 5.32 Å². The predicted octanol–water partition coefficient (Wildman–Crippen LogP) is 6.54. The highest BCUT2D eigenvalue weighted by Crippen LogP contribution is 2.45. The van der Waals surface area contributed by atoms with E-state index in [0.29, 0.717) is 25.2 Å². The fourth-order valence-corrected chi connectivity index (χ4v) is 4.97. The van der Waals surface area contributed by atoms with E-state index >= 15 is 0 Å². The van der Waals surface area contributed by atoms with Crippen LogP contribution in [0.5, 0.6) is 0 Å². The van der Waals surface area contributed by atoms with Gasteiger partial charge in [0.05, 0.1) is 26.4 Å². The molecule has 32 heavy (non-hydrogen) atoms. The Kier molecular flexibility index (Phi) is 9.10. The van der Waals surface area contributed by atoms with Crippen LogP contribution in [0.3, 0.4) is 0 Å². The maximum atomic E-state index is 6.31. The summed E-state index contributed by atoms with van der Waals surface area (Å²) in [6.07, 6.45) is 6.47. The molecule has 1 aliphatic rings. The van der Waals surface area contributed by atoms with E-state index < -0.39 is 0 Å². The van der Waals surface area contributed by atoms with Crippen molar-refractivity contribution in [3.8, 4) is 0 Å². The second kappa shape index (κ2) is 11.8. The molecule has 1 saturated carbocycles. The van der Waals surface area contributed by atoms with Gasteiger partial charge in [-0.1, -0.05) is 66.7 Å². The maximum Gasteiger partial charge on any atom is 0.0717 e. The van der Waals surface area contributed by atoms with Gasteiger partial charge in [-0.2, -0.15) is 0 Å². The molecule has 0 aromatic heterocycles. The maximum absolute atomic E-state index is 6.31. The molecule has 0 aliphatic heterocycles. The smallest absolute Gasteiger partial charge is 0.0717 e. The van der Waals surface area contributed by atoms with Gasteiger partial charge in [-0.3, -0.25) is 0 Å². The van der Waals surface area contributed by atoms with Crippen LogP contribution in [0.4, 0.5) is 0 Å². The molecule has 2 atom stereocenters. The highest BCUT2D eigenvalue weighted by molar-refractivity contribution is 5.14. The van der Waals surface area contributed by atoms with Crippen molar-refractivity contribution in [2.75, 3.05) is 13.2 Å². The minimum Gasteiger partial charge on any atom is -0.376 e. The molecule has 0 spiro atoms. The SMILES string of the molecule is C=CCC[C@H]1CC(COCc2ccccc2)(COCc2ccccc2)C[C@H]1NC(C)(C)C. The van der Waals surface area contributed by atoms with Crippen LogP contribution in [0.25, 0.3) is 0 Å². The molecule has 1 fully saturated rings. The Morgan fingerprint density at radius 2 is 1.44 bits per heavy atom. The summed E-state index contributed by atoms with van der Waals surface area (Å²) in [5, 5.41) is 3.90. The molecule has 0 bridgehead atoms. The van der Waals surface area contributed by atoms with Crippen LogP contribution in [-0.2, 0) is 22.7 Å². The quantitative estimate of drug-likeness (QED) is 0.384. The average molecular weight is 436 g/mol. The summed E-state index contributed by atoms with van der Waals surface area (Å²) >= 11 is 0. The summed E-state index contributed by atoms with van der Waals surface area (Å²) in [6.45, 7) is 13.5. The van der Waals surface area contributed by atoms with Gasteiger partial charge in [-0.15, -0.1) is 6.58 Å². The van der Waals surface area contributed by atoms with E-state index in [4.69, 9.17) is 9.47 Å². The standard InChI is InChI=1S/C29H41NO2/c1-5-6-17-26-18-29(19-27(26)30-28(2,3)4,22-31-20-24-13-9-7-10-14-24)23-32-21-25-15-11-8-12-16-25/h5,7-16,26-27,30H,1,6,17-23H2,2-4H3/t26-,27+/m0/s1. The van der Waals surface area contributed by atoms with Gasteiger partial charge >= 0.3 is 0 Å².